The van der Waals surface area contributed by atoms with Crippen molar-refractivity contribution in [3.05, 3.63) is 92.9 Å². The third-order valence-corrected chi connectivity index (χ3v) is 9.75. The summed E-state index contributed by atoms with van der Waals surface area (Å²) in [7, 11) is -2.60. The number of benzene rings is 3. The molecule has 4 rings (SSSR count). The van der Waals surface area contributed by atoms with E-state index in [0.717, 1.165) is 48.2 Å². The molecule has 0 aliphatic heterocycles. The van der Waals surface area contributed by atoms with Crippen LogP contribution in [0.4, 0.5) is 5.69 Å². The maximum atomic E-state index is 14.3. The van der Waals surface area contributed by atoms with Crippen LogP contribution in [-0.4, -0.2) is 57.1 Å². The quantitative estimate of drug-likeness (QED) is 0.235. The zero-order valence-corrected chi connectivity index (χ0v) is 27.7. The Hall–Kier alpha value is -2.98. The predicted octanol–water partition coefficient (Wildman–Crippen LogP) is 6.51. The number of nitrogens with one attached hydrogen (secondary N) is 1. The van der Waals surface area contributed by atoms with Gasteiger partial charge in [-0.15, -0.1) is 0 Å². The predicted molar refractivity (Wildman–Crippen MR) is 176 cm³/mol. The molecule has 1 fully saturated rings. The second-order valence-electron chi connectivity index (χ2n) is 10.9. The summed E-state index contributed by atoms with van der Waals surface area (Å²) >= 11 is 18.7. The van der Waals surface area contributed by atoms with E-state index in [4.69, 9.17) is 39.5 Å². The van der Waals surface area contributed by atoms with Crippen LogP contribution in [0.2, 0.25) is 15.1 Å². The van der Waals surface area contributed by atoms with Gasteiger partial charge < -0.3 is 15.0 Å². The second-order valence-corrected chi connectivity index (χ2v) is 14.1. The number of sulfonamides is 1. The van der Waals surface area contributed by atoms with Gasteiger partial charge in [0.1, 0.15) is 18.3 Å². The number of carbonyl (C=O) groups excluding carboxylic acids is 2. The van der Waals surface area contributed by atoms with Crippen molar-refractivity contribution in [2.45, 2.75) is 57.2 Å². The molecule has 0 bridgehead atoms. The van der Waals surface area contributed by atoms with Gasteiger partial charge in [-0.2, -0.15) is 0 Å². The lowest BCUT2D eigenvalue weighted by molar-refractivity contribution is -0.140. The molecule has 0 saturated heterocycles. The Balaban J connectivity index is 1.77. The van der Waals surface area contributed by atoms with Gasteiger partial charge in [0.05, 0.1) is 29.1 Å². The van der Waals surface area contributed by atoms with Crippen LogP contribution in [-0.2, 0) is 32.6 Å². The first-order valence-corrected chi connectivity index (χ1v) is 17.3. The van der Waals surface area contributed by atoms with E-state index in [-0.39, 0.29) is 41.4 Å². The number of rotatable bonds is 12. The minimum absolute atomic E-state index is 0.000286. The van der Waals surface area contributed by atoms with Crippen LogP contribution in [0.25, 0.3) is 0 Å². The Morgan fingerprint density at radius 2 is 1.64 bits per heavy atom. The average molecular weight is 681 g/mol. The summed E-state index contributed by atoms with van der Waals surface area (Å²) in [5, 5.41) is 4.08. The summed E-state index contributed by atoms with van der Waals surface area (Å²) in [6.45, 7) is -0.617. The van der Waals surface area contributed by atoms with E-state index >= 15 is 0 Å². The molecule has 1 N–H and O–H groups in total. The molecule has 12 heteroatoms. The number of hydrogen-bond donors (Lipinski definition) is 1. The minimum Gasteiger partial charge on any atom is -0.495 e. The Labute approximate surface area is 274 Å². The van der Waals surface area contributed by atoms with Crippen LogP contribution >= 0.6 is 34.8 Å². The zero-order valence-electron chi connectivity index (χ0n) is 24.6. The molecule has 0 spiro atoms. The van der Waals surface area contributed by atoms with Crippen LogP contribution in [0.5, 0.6) is 5.75 Å². The number of halogens is 3. The summed E-state index contributed by atoms with van der Waals surface area (Å²) in [5.41, 5.74) is 1.58. The molecule has 0 radical (unpaired) electrons. The van der Waals surface area contributed by atoms with Crippen molar-refractivity contribution < 1.29 is 22.7 Å². The highest BCUT2D eigenvalue weighted by Crippen LogP contribution is 2.33. The molecule has 1 atom stereocenters. The third kappa shape index (κ3) is 9.03. The number of anilines is 1. The smallest absolute Gasteiger partial charge is 0.244 e. The molecule has 3 aromatic rings. The number of amides is 2. The van der Waals surface area contributed by atoms with Crippen molar-refractivity contribution in [1.29, 1.82) is 0 Å². The molecule has 1 saturated carbocycles. The standard InChI is InChI=1S/C32H36Cl3N3O5S/c1-43-30-16-14-24(33)19-28(30)38(44(2,41)42)21-31(39)37(20-23-13-15-26(34)27(35)17-23)29(18-22-9-5-3-6-10-22)32(40)36-25-11-7-4-8-12-25/h3,5-6,9-10,13-17,19,25,29H,4,7-8,11-12,18,20-21H2,1-2H3,(H,36,40). The lowest BCUT2D eigenvalue weighted by Crippen LogP contribution is -2.55. The van der Waals surface area contributed by atoms with Gasteiger partial charge in [0.2, 0.25) is 21.8 Å². The van der Waals surface area contributed by atoms with E-state index < -0.39 is 28.5 Å². The lowest BCUT2D eigenvalue weighted by atomic mass is 9.94. The highest BCUT2D eigenvalue weighted by atomic mass is 35.5. The number of ether oxygens (including phenoxy) is 1. The number of hydrogen-bond acceptors (Lipinski definition) is 5. The molecule has 3 aromatic carbocycles. The van der Waals surface area contributed by atoms with Crippen LogP contribution in [0.3, 0.4) is 0 Å². The minimum atomic E-state index is -4.00. The number of nitrogens with zero attached hydrogens (tertiary/aromatic N) is 2. The van der Waals surface area contributed by atoms with E-state index in [1.807, 2.05) is 30.3 Å². The summed E-state index contributed by atoms with van der Waals surface area (Å²) in [5.74, 6) is -0.678. The first-order chi connectivity index (χ1) is 21.0. The SMILES string of the molecule is COc1ccc(Cl)cc1N(CC(=O)N(Cc1ccc(Cl)c(Cl)c1)C(Cc1ccccc1)C(=O)NC1CCCCC1)S(C)(=O)=O. The van der Waals surface area contributed by atoms with Crippen molar-refractivity contribution in [2.75, 3.05) is 24.2 Å². The molecular weight excluding hydrogens is 645 g/mol. The summed E-state index contributed by atoms with van der Waals surface area (Å²) in [4.78, 5) is 29.8. The van der Waals surface area contributed by atoms with Gasteiger partial charge in [-0.05, 0) is 54.3 Å². The Morgan fingerprint density at radius 1 is 0.932 bits per heavy atom. The molecule has 0 aromatic heterocycles. The maximum Gasteiger partial charge on any atom is 0.244 e. The lowest BCUT2D eigenvalue weighted by Gasteiger charge is -2.35. The van der Waals surface area contributed by atoms with Gasteiger partial charge in [-0.1, -0.05) is 90.5 Å². The van der Waals surface area contributed by atoms with Gasteiger partial charge in [-0.3, -0.25) is 13.9 Å². The molecule has 1 aliphatic rings. The van der Waals surface area contributed by atoms with Crippen molar-refractivity contribution >= 4 is 62.3 Å². The highest BCUT2D eigenvalue weighted by Gasteiger charge is 2.35. The van der Waals surface area contributed by atoms with Gasteiger partial charge >= 0.3 is 0 Å². The first-order valence-electron chi connectivity index (χ1n) is 14.3. The van der Waals surface area contributed by atoms with Gasteiger partial charge in [0.25, 0.3) is 0 Å². The fourth-order valence-corrected chi connectivity index (χ4v) is 6.72. The molecule has 236 valence electrons. The van der Waals surface area contributed by atoms with E-state index in [1.165, 1.54) is 24.1 Å². The second kappa shape index (κ2) is 15.3. The fourth-order valence-electron chi connectivity index (χ4n) is 5.39. The molecule has 8 nitrogen and oxygen atoms in total. The number of methoxy groups -OCH3 is 1. The van der Waals surface area contributed by atoms with Gasteiger partial charge in [0.15, 0.2) is 0 Å². The summed E-state index contributed by atoms with van der Waals surface area (Å²) in [6, 6.07) is 17.9. The van der Waals surface area contributed by atoms with E-state index in [1.54, 1.807) is 24.3 Å². The zero-order chi connectivity index (χ0) is 31.9. The van der Waals surface area contributed by atoms with E-state index in [0.29, 0.717) is 15.6 Å². The Kier molecular flexibility index (Phi) is 11.8. The van der Waals surface area contributed by atoms with Gasteiger partial charge in [0, 0.05) is 24.0 Å². The van der Waals surface area contributed by atoms with Crippen LogP contribution in [0.15, 0.2) is 66.7 Å². The van der Waals surface area contributed by atoms with Crippen LogP contribution < -0.4 is 14.4 Å². The molecule has 2 amide bonds. The molecular formula is C32H36Cl3N3O5S. The molecule has 1 aliphatic carbocycles. The fraction of sp³-hybridized carbons (Fsp3) is 0.375. The van der Waals surface area contributed by atoms with E-state index in [9.17, 15) is 18.0 Å². The summed E-state index contributed by atoms with van der Waals surface area (Å²) in [6.07, 6.45) is 6.10. The van der Waals surface area contributed by atoms with Crippen molar-refractivity contribution in [2.24, 2.45) is 0 Å². The Morgan fingerprint density at radius 3 is 2.27 bits per heavy atom. The van der Waals surface area contributed by atoms with E-state index in [2.05, 4.69) is 5.32 Å². The topological polar surface area (TPSA) is 96.0 Å². The van der Waals surface area contributed by atoms with Crippen LogP contribution in [0.1, 0.15) is 43.2 Å². The molecule has 1 unspecified atom stereocenters. The monoisotopic (exact) mass is 679 g/mol. The maximum absolute atomic E-state index is 14.3. The number of carbonyl (C=O) groups is 2. The normalized spacial score (nSPS) is 14.5. The van der Waals surface area contributed by atoms with Crippen molar-refractivity contribution in [3.63, 3.8) is 0 Å². The van der Waals surface area contributed by atoms with Gasteiger partial charge in [-0.25, -0.2) is 8.42 Å². The first kappa shape index (κ1) is 33.9. The Bertz CT molecular complexity index is 1570. The summed E-state index contributed by atoms with van der Waals surface area (Å²) < 4.78 is 32.6. The average Bonchev–Trinajstić information content (AvgIpc) is 2.99. The van der Waals surface area contributed by atoms with Crippen LogP contribution in [0, 0.1) is 0 Å². The highest BCUT2D eigenvalue weighted by molar-refractivity contribution is 7.92. The molecule has 44 heavy (non-hydrogen) atoms. The van der Waals surface area contributed by atoms with Crippen molar-refractivity contribution in [1.82, 2.24) is 10.2 Å². The molecule has 0 heterocycles. The largest absolute Gasteiger partial charge is 0.495 e. The van der Waals surface area contributed by atoms with Crippen molar-refractivity contribution in [3.8, 4) is 5.75 Å². The third-order valence-electron chi connectivity index (χ3n) is 7.65.